The fraction of sp³-hybridized carbons (Fsp3) is 1.00. The average Bonchev–Trinajstić information content (AvgIpc) is 1.62. The molecule has 0 amide bonds. The third kappa shape index (κ3) is 2.53. The Balaban J connectivity index is 3.62. The molecule has 1 nitrogen and oxygen atoms in total. The smallest absolute Gasteiger partial charge is 0.250 e. The Morgan fingerprint density at radius 3 is 2.00 bits per heavy atom. The highest BCUT2D eigenvalue weighted by atomic mass is 28.3. The van der Waals surface area contributed by atoms with Gasteiger partial charge in [-0.1, -0.05) is 0 Å². The molecular formula is C3H10F2OSi2. The van der Waals surface area contributed by atoms with Crippen LogP contribution in [0.3, 0.4) is 0 Å². The summed E-state index contributed by atoms with van der Waals surface area (Å²) in [7, 11) is -1.71. The van der Waals surface area contributed by atoms with E-state index in [0.29, 0.717) is 10.5 Å². The van der Waals surface area contributed by atoms with E-state index in [0.717, 1.165) is 6.92 Å². The fourth-order valence-electron chi connectivity index (χ4n) is 0.207. The van der Waals surface area contributed by atoms with E-state index < -0.39 is 14.6 Å². The number of alkyl halides is 2. The maximum Gasteiger partial charge on any atom is 0.250 e. The van der Waals surface area contributed by atoms with Crippen LogP contribution >= 0.6 is 0 Å². The molecule has 0 aromatic rings. The van der Waals surface area contributed by atoms with Crippen molar-refractivity contribution in [2.75, 3.05) is 0 Å². The molecule has 0 bridgehead atoms. The van der Waals surface area contributed by atoms with Gasteiger partial charge in [0.2, 0.25) is 9.04 Å². The van der Waals surface area contributed by atoms with Crippen LogP contribution in [0, 0.1) is 0 Å². The van der Waals surface area contributed by atoms with Crippen LogP contribution in [-0.2, 0) is 4.12 Å². The largest absolute Gasteiger partial charge is 0.462 e. The predicted octanol–water partition coefficient (Wildman–Crippen LogP) is -0.169. The van der Waals surface area contributed by atoms with Gasteiger partial charge in [0.25, 0.3) is 5.55 Å². The third-order valence-electron chi connectivity index (χ3n) is 1.07. The summed E-state index contributed by atoms with van der Waals surface area (Å²) in [5.74, 6) is 0. The lowest BCUT2D eigenvalue weighted by Gasteiger charge is -2.15. The molecule has 0 aromatic carbocycles. The summed E-state index contributed by atoms with van der Waals surface area (Å²) in [5, 5.41) is 0. The molecule has 5 heteroatoms. The summed E-state index contributed by atoms with van der Waals surface area (Å²) in [6, 6.07) is 0. The molecule has 1 atom stereocenters. The fourth-order valence-corrected chi connectivity index (χ4v) is 1.86. The van der Waals surface area contributed by atoms with Crippen LogP contribution in [0.4, 0.5) is 8.78 Å². The van der Waals surface area contributed by atoms with E-state index in [1.165, 1.54) is 6.55 Å². The van der Waals surface area contributed by atoms with Crippen LogP contribution in [0.2, 0.25) is 6.55 Å². The topological polar surface area (TPSA) is 9.23 Å². The number of hydrogen-bond donors (Lipinski definition) is 0. The lowest BCUT2D eigenvalue weighted by atomic mass is 10.8. The van der Waals surface area contributed by atoms with Crippen LogP contribution < -0.4 is 0 Å². The van der Waals surface area contributed by atoms with Gasteiger partial charge in [-0.3, -0.25) is 0 Å². The van der Waals surface area contributed by atoms with Crippen molar-refractivity contribution < 1.29 is 12.9 Å². The normalized spacial score (nSPS) is 16.5. The minimum atomic E-state index is -2.54. The van der Waals surface area contributed by atoms with Gasteiger partial charge in [0.05, 0.1) is 0 Å². The molecule has 0 aliphatic carbocycles. The molecule has 8 heavy (non-hydrogen) atoms. The summed E-state index contributed by atoms with van der Waals surface area (Å²) in [4.78, 5) is 0. The molecule has 0 heterocycles. The Bertz CT molecular complexity index is 72.2. The van der Waals surface area contributed by atoms with Crippen molar-refractivity contribution >= 4 is 19.5 Å². The van der Waals surface area contributed by atoms with E-state index in [2.05, 4.69) is 4.12 Å². The summed E-state index contributed by atoms with van der Waals surface area (Å²) >= 11 is 0. The molecule has 50 valence electrons. The maximum atomic E-state index is 12.1. The Labute approximate surface area is 52.3 Å². The van der Waals surface area contributed by atoms with Crippen LogP contribution in [0.5, 0.6) is 0 Å². The minimum absolute atomic E-state index is 0.435. The summed E-state index contributed by atoms with van der Waals surface area (Å²) in [6.07, 6.45) is 0. The number of rotatable bonds is 2. The first-order chi connectivity index (χ1) is 3.48. The molecule has 0 aliphatic rings. The zero-order valence-corrected chi connectivity index (χ0v) is 8.40. The van der Waals surface area contributed by atoms with Crippen molar-refractivity contribution in [3.8, 4) is 0 Å². The lowest BCUT2D eigenvalue weighted by molar-refractivity contribution is 0.0959. The highest BCUT2D eigenvalue weighted by Gasteiger charge is 2.31. The molecule has 0 N–H and O–H groups in total. The van der Waals surface area contributed by atoms with Crippen LogP contribution in [-0.4, -0.2) is 25.1 Å². The van der Waals surface area contributed by atoms with Crippen LogP contribution in [0.15, 0.2) is 0 Å². The van der Waals surface area contributed by atoms with Crippen molar-refractivity contribution in [1.29, 1.82) is 0 Å². The van der Waals surface area contributed by atoms with Gasteiger partial charge in [0, 0.05) is 0 Å². The molecule has 0 saturated carbocycles. The first-order valence-corrected chi connectivity index (χ1v) is 5.41. The van der Waals surface area contributed by atoms with Gasteiger partial charge in [-0.25, -0.2) is 8.78 Å². The summed E-state index contributed by atoms with van der Waals surface area (Å²) in [5.41, 5.74) is -2.54. The maximum absolute atomic E-state index is 12.1. The first-order valence-electron chi connectivity index (χ1n) is 2.39. The molecule has 0 aliphatic heterocycles. The molecule has 0 fully saturated rings. The minimum Gasteiger partial charge on any atom is -0.462 e. The van der Waals surface area contributed by atoms with Crippen molar-refractivity contribution in [3.63, 3.8) is 0 Å². The molecule has 0 radical (unpaired) electrons. The van der Waals surface area contributed by atoms with Gasteiger partial charge in [-0.15, -0.1) is 0 Å². The Hall–Kier alpha value is 0.254. The standard InChI is InChI=1S/C3H10F2OSi2/c1-3(4,5)8(2)6-7/h8H,1-2,7H3. The van der Waals surface area contributed by atoms with Gasteiger partial charge < -0.3 is 4.12 Å². The summed E-state index contributed by atoms with van der Waals surface area (Å²) < 4.78 is 28.8. The van der Waals surface area contributed by atoms with Crippen molar-refractivity contribution in [2.45, 2.75) is 19.0 Å². The van der Waals surface area contributed by atoms with Crippen molar-refractivity contribution in [1.82, 2.24) is 0 Å². The molecular weight excluding hydrogens is 146 g/mol. The molecule has 1 unspecified atom stereocenters. The second-order valence-corrected chi connectivity index (χ2v) is 6.02. The van der Waals surface area contributed by atoms with E-state index in [4.69, 9.17) is 0 Å². The zero-order valence-electron chi connectivity index (χ0n) is 5.24. The highest BCUT2D eigenvalue weighted by Crippen LogP contribution is 2.15. The Morgan fingerprint density at radius 1 is 1.62 bits per heavy atom. The van der Waals surface area contributed by atoms with Gasteiger partial charge in [0.15, 0.2) is 0 Å². The van der Waals surface area contributed by atoms with Crippen LogP contribution in [0.25, 0.3) is 0 Å². The predicted molar refractivity (Wildman–Crippen MR) is 34.7 cm³/mol. The molecule has 0 spiro atoms. The second-order valence-electron chi connectivity index (χ2n) is 1.83. The average molecular weight is 156 g/mol. The van der Waals surface area contributed by atoms with Gasteiger partial charge in [0.1, 0.15) is 10.5 Å². The van der Waals surface area contributed by atoms with Gasteiger partial charge in [-0.05, 0) is 13.5 Å². The Morgan fingerprint density at radius 2 is 2.00 bits per heavy atom. The van der Waals surface area contributed by atoms with E-state index in [1.54, 1.807) is 0 Å². The number of hydrogen-bond acceptors (Lipinski definition) is 1. The van der Waals surface area contributed by atoms with Crippen LogP contribution in [0.1, 0.15) is 6.92 Å². The SMILES string of the molecule is C[SiH](O[SiH3])C(C)(F)F. The zero-order chi connectivity index (χ0) is 6.78. The number of halogens is 2. The first kappa shape index (κ1) is 8.25. The van der Waals surface area contributed by atoms with E-state index in [-0.39, 0.29) is 0 Å². The molecule has 0 saturated heterocycles. The van der Waals surface area contributed by atoms with E-state index in [9.17, 15) is 8.78 Å². The second kappa shape index (κ2) is 2.70. The quantitative estimate of drug-likeness (QED) is 0.504. The third-order valence-corrected chi connectivity index (χ3v) is 5.32. The van der Waals surface area contributed by atoms with Gasteiger partial charge in [-0.2, -0.15) is 0 Å². The Kier molecular flexibility index (Phi) is 2.78. The highest BCUT2D eigenvalue weighted by molar-refractivity contribution is 6.56. The van der Waals surface area contributed by atoms with E-state index in [1.807, 2.05) is 0 Å². The lowest BCUT2D eigenvalue weighted by Crippen LogP contribution is -2.34. The summed E-state index contributed by atoms with van der Waals surface area (Å²) in [6.45, 7) is 2.43. The monoisotopic (exact) mass is 156 g/mol. The van der Waals surface area contributed by atoms with Crippen molar-refractivity contribution in [2.24, 2.45) is 0 Å². The van der Waals surface area contributed by atoms with E-state index >= 15 is 0 Å². The van der Waals surface area contributed by atoms with Gasteiger partial charge >= 0.3 is 0 Å². The molecule has 0 rings (SSSR count). The molecule has 0 aromatic heterocycles. The van der Waals surface area contributed by atoms with Crippen molar-refractivity contribution in [3.05, 3.63) is 0 Å².